The molecule has 7 heteroatoms. The van der Waals surface area contributed by atoms with Crippen LogP contribution in [0.2, 0.25) is 5.02 Å². The van der Waals surface area contributed by atoms with Crippen molar-refractivity contribution in [2.24, 2.45) is 5.14 Å². The molecular weight excluding hydrogens is 399 g/mol. The molecule has 28 heavy (non-hydrogen) atoms. The van der Waals surface area contributed by atoms with Gasteiger partial charge in [-0.05, 0) is 48.0 Å². The van der Waals surface area contributed by atoms with Crippen molar-refractivity contribution in [3.05, 3.63) is 83.6 Å². The Hall–Kier alpha value is -2.80. The number of nitrogens with two attached hydrogens (primary N) is 1. The molecule has 2 N–H and O–H groups in total. The molecule has 4 aromatic rings. The number of hydrogen-bond donors (Lipinski definition) is 1. The van der Waals surface area contributed by atoms with Crippen LogP contribution in [-0.2, 0) is 10.0 Å². The van der Waals surface area contributed by atoms with E-state index < -0.39 is 10.0 Å². The van der Waals surface area contributed by atoms with Crippen LogP contribution in [-0.4, -0.2) is 13.4 Å². The Morgan fingerprint density at radius 2 is 1.61 bits per heavy atom. The summed E-state index contributed by atoms with van der Waals surface area (Å²) in [6.07, 6.45) is 0. The van der Waals surface area contributed by atoms with Crippen LogP contribution in [0.4, 0.5) is 4.39 Å². The van der Waals surface area contributed by atoms with E-state index in [1.165, 1.54) is 18.2 Å². The van der Waals surface area contributed by atoms with Crippen LogP contribution < -0.4 is 5.14 Å². The summed E-state index contributed by atoms with van der Waals surface area (Å²) in [6, 6.07) is 19.6. The van der Waals surface area contributed by atoms with E-state index in [4.69, 9.17) is 16.7 Å². The molecule has 1 aromatic heterocycles. The molecule has 0 unspecified atom stereocenters. The Morgan fingerprint density at radius 1 is 0.893 bits per heavy atom. The Bertz CT molecular complexity index is 1310. The van der Waals surface area contributed by atoms with E-state index in [9.17, 15) is 12.8 Å². The number of nitrogens with zero attached hydrogens (tertiary/aromatic N) is 1. The average Bonchev–Trinajstić information content (AvgIpc) is 2.67. The molecule has 0 radical (unpaired) electrons. The van der Waals surface area contributed by atoms with Gasteiger partial charge in [-0.2, -0.15) is 0 Å². The Balaban J connectivity index is 1.96. The van der Waals surface area contributed by atoms with E-state index in [0.717, 1.165) is 5.39 Å². The minimum atomic E-state index is -3.78. The van der Waals surface area contributed by atoms with Crippen LogP contribution in [0.1, 0.15) is 0 Å². The highest BCUT2D eigenvalue weighted by Crippen LogP contribution is 2.34. The second-order valence-corrected chi connectivity index (χ2v) is 8.26. The number of pyridine rings is 1. The largest absolute Gasteiger partial charge is 0.248 e. The summed E-state index contributed by atoms with van der Waals surface area (Å²) in [6.45, 7) is 0. The van der Waals surface area contributed by atoms with Gasteiger partial charge in [-0.1, -0.05) is 41.9 Å². The highest BCUT2D eigenvalue weighted by Gasteiger charge is 2.14. The summed E-state index contributed by atoms with van der Waals surface area (Å²) in [4.78, 5) is 4.64. The third kappa shape index (κ3) is 3.49. The zero-order valence-electron chi connectivity index (χ0n) is 14.4. The van der Waals surface area contributed by atoms with Crippen LogP contribution in [0.15, 0.2) is 77.7 Å². The molecule has 140 valence electrons. The molecule has 0 amide bonds. The summed E-state index contributed by atoms with van der Waals surface area (Å²) >= 11 is 6.14. The normalized spacial score (nSPS) is 11.7. The van der Waals surface area contributed by atoms with E-state index in [0.29, 0.717) is 32.9 Å². The number of aromatic nitrogens is 1. The van der Waals surface area contributed by atoms with Gasteiger partial charge in [0.25, 0.3) is 0 Å². The smallest absolute Gasteiger partial charge is 0.238 e. The SMILES string of the molecule is NS(=O)(=O)c1ccc(-c2cc(-c3ccccc3F)c3cc(Cl)ccc3n2)cc1. The first kappa shape index (κ1) is 18.6. The quantitative estimate of drug-likeness (QED) is 0.514. The van der Waals surface area contributed by atoms with Crippen molar-refractivity contribution in [3.63, 3.8) is 0 Å². The molecular formula is C21H14ClFN2O2S. The lowest BCUT2D eigenvalue weighted by Crippen LogP contribution is -2.11. The summed E-state index contributed by atoms with van der Waals surface area (Å²) in [5.74, 6) is -0.356. The predicted molar refractivity (Wildman–Crippen MR) is 109 cm³/mol. The van der Waals surface area contributed by atoms with Crippen molar-refractivity contribution >= 4 is 32.5 Å². The fraction of sp³-hybridized carbons (Fsp3) is 0. The van der Waals surface area contributed by atoms with Gasteiger partial charge < -0.3 is 0 Å². The molecule has 1 heterocycles. The highest BCUT2D eigenvalue weighted by molar-refractivity contribution is 7.89. The van der Waals surface area contributed by atoms with Gasteiger partial charge in [-0.3, -0.25) is 0 Å². The molecule has 4 rings (SSSR count). The topological polar surface area (TPSA) is 73.1 Å². The fourth-order valence-electron chi connectivity index (χ4n) is 3.06. The second kappa shape index (κ2) is 6.98. The molecule has 0 fully saturated rings. The van der Waals surface area contributed by atoms with Gasteiger partial charge in [-0.25, -0.2) is 22.9 Å². The second-order valence-electron chi connectivity index (χ2n) is 6.27. The van der Waals surface area contributed by atoms with Gasteiger partial charge in [-0.15, -0.1) is 0 Å². The van der Waals surface area contributed by atoms with Gasteiger partial charge in [0.1, 0.15) is 5.82 Å². The number of sulfonamides is 1. The van der Waals surface area contributed by atoms with Crippen molar-refractivity contribution in [1.29, 1.82) is 0 Å². The maximum Gasteiger partial charge on any atom is 0.238 e. The van der Waals surface area contributed by atoms with Gasteiger partial charge in [0.05, 0.1) is 16.1 Å². The molecule has 3 aromatic carbocycles. The minimum absolute atomic E-state index is 0.0122. The Kier molecular flexibility index (Phi) is 4.63. The highest BCUT2D eigenvalue weighted by atomic mass is 35.5. The van der Waals surface area contributed by atoms with E-state index in [1.807, 2.05) is 0 Å². The molecule has 0 aliphatic rings. The predicted octanol–water partition coefficient (Wildman–Crippen LogP) is 5.01. The number of benzene rings is 3. The maximum absolute atomic E-state index is 14.5. The lowest BCUT2D eigenvalue weighted by Gasteiger charge is -2.12. The van der Waals surface area contributed by atoms with E-state index in [1.54, 1.807) is 54.6 Å². The number of rotatable bonds is 3. The maximum atomic E-state index is 14.5. The number of primary sulfonamides is 1. The summed E-state index contributed by atoms with van der Waals surface area (Å²) in [7, 11) is -3.78. The van der Waals surface area contributed by atoms with E-state index in [2.05, 4.69) is 4.98 Å². The number of hydrogen-bond acceptors (Lipinski definition) is 3. The van der Waals surface area contributed by atoms with Gasteiger partial charge in [0.2, 0.25) is 10.0 Å². The zero-order valence-corrected chi connectivity index (χ0v) is 16.0. The first-order valence-corrected chi connectivity index (χ1v) is 10.2. The molecule has 0 saturated heterocycles. The van der Waals surface area contributed by atoms with Crippen molar-refractivity contribution < 1.29 is 12.8 Å². The van der Waals surface area contributed by atoms with Crippen LogP contribution in [0.3, 0.4) is 0 Å². The standard InChI is InChI=1S/C21H14ClFN2O2S/c22-14-7-10-20-18(11-14)17(16-3-1-2-4-19(16)23)12-21(25-20)13-5-8-15(9-6-13)28(24,26)27/h1-12H,(H2,24,26,27). The first-order chi connectivity index (χ1) is 13.3. The molecule has 0 bridgehead atoms. The summed E-state index contributed by atoms with van der Waals surface area (Å²) < 4.78 is 37.4. The van der Waals surface area contributed by atoms with Crippen molar-refractivity contribution in [3.8, 4) is 22.4 Å². The van der Waals surface area contributed by atoms with Crippen molar-refractivity contribution in [2.75, 3.05) is 0 Å². The minimum Gasteiger partial charge on any atom is -0.248 e. The van der Waals surface area contributed by atoms with Gasteiger partial charge in [0, 0.05) is 21.5 Å². The van der Waals surface area contributed by atoms with Gasteiger partial charge in [0.15, 0.2) is 0 Å². The Labute approximate surface area is 166 Å². The molecule has 0 saturated carbocycles. The van der Waals surface area contributed by atoms with Crippen molar-refractivity contribution in [2.45, 2.75) is 4.90 Å². The first-order valence-electron chi connectivity index (χ1n) is 8.31. The molecule has 0 atom stereocenters. The number of fused-ring (bicyclic) bond motifs is 1. The van der Waals surface area contributed by atoms with E-state index in [-0.39, 0.29) is 10.7 Å². The van der Waals surface area contributed by atoms with Crippen molar-refractivity contribution in [1.82, 2.24) is 4.98 Å². The molecule has 0 aliphatic heterocycles. The van der Waals surface area contributed by atoms with Crippen LogP contribution >= 0.6 is 11.6 Å². The monoisotopic (exact) mass is 412 g/mol. The molecule has 4 nitrogen and oxygen atoms in total. The van der Waals surface area contributed by atoms with E-state index >= 15 is 0 Å². The van der Waals surface area contributed by atoms with Gasteiger partial charge >= 0.3 is 0 Å². The fourth-order valence-corrected chi connectivity index (χ4v) is 3.75. The molecule has 0 aliphatic carbocycles. The Morgan fingerprint density at radius 3 is 2.29 bits per heavy atom. The third-order valence-electron chi connectivity index (χ3n) is 4.41. The molecule has 0 spiro atoms. The lowest BCUT2D eigenvalue weighted by atomic mass is 9.98. The zero-order chi connectivity index (χ0) is 19.9. The third-order valence-corrected chi connectivity index (χ3v) is 5.58. The van der Waals surface area contributed by atoms with Crippen LogP contribution in [0.25, 0.3) is 33.3 Å². The number of halogens is 2. The van der Waals surface area contributed by atoms with Crippen LogP contribution in [0, 0.1) is 5.82 Å². The van der Waals surface area contributed by atoms with Crippen LogP contribution in [0.5, 0.6) is 0 Å². The average molecular weight is 413 g/mol. The summed E-state index contributed by atoms with van der Waals surface area (Å²) in [5, 5.41) is 6.40. The summed E-state index contributed by atoms with van der Waals surface area (Å²) in [5.41, 5.74) is 2.99. The lowest BCUT2D eigenvalue weighted by molar-refractivity contribution is 0.598.